The highest BCUT2D eigenvalue weighted by Gasteiger charge is 2.14. The van der Waals surface area contributed by atoms with Crippen molar-refractivity contribution >= 4 is 33.6 Å². The molecule has 0 aliphatic carbocycles. The van der Waals surface area contributed by atoms with Crippen LogP contribution in [0.15, 0.2) is 47.4 Å². The summed E-state index contributed by atoms with van der Waals surface area (Å²) in [6.07, 6.45) is 3.31. The highest BCUT2D eigenvalue weighted by atomic mass is 32.2. The number of rotatable bonds is 3. The van der Waals surface area contributed by atoms with E-state index in [-0.39, 0.29) is 10.6 Å². The third kappa shape index (κ3) is 3.37. The molecule has 104 valence electrons. The first-order valence-electron chi connectivity index (χ1n) is 5.77. The van der Waals surface area contributed by atoms with E-state index in [9.17, 15) is 13.0 Å². The Morgan fingerprint density at radius 3 is 2.10 bits per heavy atom. The lowest BCUT2D eigenvalue weighted by Gasteiger charge is -2.04. The number of anilines is 2. The lowest BCUT2D eigenvalue weighted by molar-refractivity contribution is 0.483. The highest BCUT2D eigenvalue weighted by molar-refractivity contribution is 7.86. The van der Waals surface area contributed by atoms with Gasteiger partial charge in [-0.1, -0.05) is 30.4 Å². The number of nitrogens with two attached hydrogens (primary N) is 2. The van der Waals surface area contributed by atoms with Crippen LogP contribution in [0.25, 0.3) is 12.2 Å². The lowest BCUT2D eigenvalue weighted by atomic mass is 10.1. The standard InChI is InChI=1S/C14H14N2O3S/c15-12-6-2-10(3-7-12)1-4-11-5-8-13(16)9-14(11)20(17,18)19/h1-9H,15-16H2,(H,17,18,19)/b4-1+. The van der Waals surface area contributed by atoms with Crippen molar-refractivity contribution in [2.75, 3.05) is 11.5 Å². The molecule has 0 unspecified atom stereocenters. The minimum absolute atomic E-state index is 0.218. The number of benzene rings is 2. The molecule has 0 aliphatic heterocycles. The Hall–Kier alpha value is -2.31. The average Bonchev–Trinajstić information content (AvgIpc) is 2.38. The topological polar surface area (TPSA) is 106 Å². The van der Waals surface area contributed by atoms with Gasteiger partial charge in [0.2, 0.25) is 0 Å². The Bertz CT molecular complexity index is 750. The first kappa shape index (κ1) is 14.1. The summed E-state index contributed by atoms with van der Waals surface area (Å²) < 4.78 is 31.8. The van der Waals surface area contributed by atoms with Crippen molar-refractivity contribution in [3.63, 3.8) is 0 Å². The molecule has 0 radical (unpaired) electrons. The van der Waals surface area contributed by atoms with Crippen LogP contribution in [0.5, 0.6) is 0 Å². The molecule has 5 N–H and O–H groups in total. The molecule has 0 aromatic heterocycles. The Morgan fingerprint density at radius 1 is 0.900 bits per heavy atom. The van der Waals surface area contributed by atoms with E-state index in [0.29, 0.717) is 11.3 Å². The van der Waals surface area contributed by atoms with Gasteiger partial charge in [-0.2, -0.15) is 8.42 Å². The Morgan fingerprint density at radius 2 is 1.50 bits per heavy atom. The largest absolute Gasteiger partial charge is 0.399 e. The maximum absolute atomic E-state index is 11.3. The molecular formula is C14H14N2O3S. The van der Waals surface area contributed by atoms with Crippen molar-refractivity contribution in [3.05, 3.63) is 53.6 Å². The van der Waals surface area contributed by atoms with Crippen LogP contribution in [0.4, 0.5) is 11.4 Å². The third-order valence-corrected chi connectivity index (χ3v) is 3.62. The summed E-state index contributed by atoms with van der Waals surface area (Å²) in [7, 11) is -4.32. The number of nitrogen functional groups attached to an aromatic ring is 2. The summed E-state index contributed by atoms with van der Waals surface area (Å²) in [5, 5.41) is 0. The summed E-state index contributed by atoms with van der Waals surface area (Å²) in [6, 6.07) is 11.4. The van der Waals surface area contributed by atoms with E-state index in [1.165, 1.54) is 12.1 Å². The van der Waals surface area contributed by atoms with Gasteiger partial charge >= 0.3 is 0 Å². The SMILES string of the molecule is Nc1ccc(/C=C/c2ccc(N)cc2S(=O)(=O)O)cc1. The van der Waals surface area contributed by atoms with E-state index in [1.54, 1.807) is 42.5 Å². The van der Waals surface area contributed by atoms with Gasteiger partial charge in [0.05, 0.1) is 0 Å². The van der Waals surface area contributed by atoms with Gasteiger partial charge in [-0.05, 0) is 35.4 Å². The van der Waals surface area contributed by atoms with Gasteiger partial charge < -0.3 is 11.5 Å². The van der Waals surface area contributed by atoms with Crippen molar-refractivity contribution in [3.8, 4) is 0 Å². The van der Waals surface area contributed by atoms with Crippen LogP contribution in [0.2, 0.25) is 0 Å². The van der Waals surface area contributed by atoms with E-state index in [4.69, 9.17) is 11.5 Å². The van der Waals surface area contributed by atoms with Gasteiger partial charge in [-0.25, -0.2) is 0 Å². The predicted molar refractivity (Wildman–Crippen MR) is 80.5 cm³/mol. The molecule has 0 heterocycles. The maximum atomic E-state index is 11.3. The van der Waals surface area contributed by atoms with Crippen molar-refractivity contribution in [2.45, 2.75) is 4.90 Å². The quantitative estimate of drug-likeness (QED) is 0.456. The second kappa shape index (κ2) is 5.36. The molecule has 0 bridgehead atoms. The molecule has 0 fully saturated rings. The molecule has 0 spiro atoms. The highest BCUT2D eigenvalue weighted by Crippen LogP contribution is 2.21. The van der Waals surface area contributed by atoms with Gasteiger partial charge in [0.1, 0.15) is 4.90 Å². The first-order chi connectivity index (χ1) is 9.36. The molecular weight excluding hydrogens is 276 g/mol. The molecule has 2 rings (SSSR count). The molecule has 2 aromatic carbocycles. The van der Waals surface area contributed by atoms with Gasteiger partial charge in [0, 0.05) is 11.4 Å². The van der Waals surface area contributed by atoms with E-state index >= 15 is 0 Å². The second-order valence-corrected chi connectivity index (χ2v) is 5.66. The van der Waals surface area contributed by atoms with Gasteiger partial charge in [0.25, 0.3) is 10.1 Å². The van der Waals surface area contributed by atoms with E-state index < -0.39 is 10.1 Å². The molecule has 6 heteroatoms. The van der Waals surface area contributed by atoms with Crippen LogP contribution in [0.1, 0.15) is 11.1 Å². The molecule has 0 atom stereocenters. The first-order valence-corrected chi connectivity index (χ1v) is 7.21. The fourth-order valence-electron chi connectivity index (χ4n) is 1.71. The molecule has 2 aromatic rings. The van der Waals surface area contributed by atoms with Crippen LogP contribution in [0.3, 0.4) is 0 Å². The van der Waals surface area contributed by atoms with Crippen molar-refractivity contribution < 1.29 is 13.0 Å². The molecule has 0 aliphatic rings. The summed E-state index contributed by atoms with van der Waals surface area (Å²) in [4.78, 5) is -0.218. The monoisotopic (exact) mass is 290 g/mol. The zero-order valence-electron chi connectivity index (χ0n) is 10.5. The third-order valence-electron chi connectivity index (χ3n) is 2.71. The molecule has 0 saturated carbocycles. The lowest BCUT2D eigenvalue weighted by Crippen LogP contribution is -2.02. The summed E-state index contributed by atoms with van der Waals surface area (Å²) in [6.45, 7) is 0. The van der Waals surface area contributed by atoms with E-state index in [0.717, 1.165) is 5.56 Å². The zero-order valence-corrected chi connectivity index (χ0v) is 11.3. The van der Waals surface area contributed by atoms with Crippen LogP contribution in [-0.4, -0.2) is 13.0 Å². The molecule has 20 heavy (non-hydrogen) atoms. The van der Waals surface area contributed by atoms with Crippen LogP contribution in [-0.2, 0) is 10.1 Å². The van der Waals surface area contributed by atoms with Gasteiger partial charge in [-0.15, -0.1) is 0 Å². The summed E-state index contributed by atoms with van der Waals surface area (Å²) in [5.74, 6) is 0. The van der Waals surface area contributed by atoms with E-state index in [1.807, 2.05) is 0 Å². The zero-order chi connectivity index (χ0) is 14.8. The predicted octanol–water partition coefficient (Wildman–Crippen LogP) is 2.27. The van der Waals surface area contributed by atoms with Crippen LogP contribution < -0.4 is 11.5 Å². The Labute approximate surface area is 117 Å². The Balaban J connectivity index is 2.41. The minimum Gasteiger partial charge on any atom is -0.399 e. The van der Waals surface area contributed by atoms with Crippen molar-refractivity contribution in [2.24, 2.45) is 0 Å². The van der Waals surface area contributed by atoms with Gasteiger partial charge in [-0.3, -0.25) is 4.55 Å². The molecule has 0 saturated heterocycles. The maximum Gasteiger partial charge on any atom is 0.295 e. The van der Waals surface area contributed by atoms with Crippen molar-refractivity contribution in [1.29, 1.82) is 0 Å². The second-order valence-electron chi connectivity index (χ2n) is 4.27. The minimum atomic E-state index is -4.32. The normalized spacial score (nSPS) is 11.8. The average molecular weight is 290 g/mol. The summed E-state index contributed by atoms with van der Waals surface area (Å²) in [5.41, 5.74) is 13.2. The molecule has 5 nitrogen and oxygen atoms in total. The van der Waals surface area contributed by atoms with Crippen molar-refractivity contribution in [1.82, 2.24) is 0 Å². The van der Waals surface area contributed by atoms with Crippen LogP contribution >= 0.6 is 0 Å². The summed E-state index contributed by atoms with van der Waals surface area (Å²) >= 11 is 0. The Kier molecular flexibility index (Phi) is 3.78. The van der Waals surface area contributed by atoms with Crippen LogP contribution in [0, 0.1) is 0 Å². The fraction of sp³-hybridized carbons (Fsp3) is 0. The molecule has 0 amide bonds. The van der Waals surface area contributed by atoms with Gasteiger partial charge in [0.15, 0.2) is 0 Å². The van der Waals surface area contributed by atoms with E-state index in [2.05, 4.69) is 0 Å². The number of hydrogen-bond acceptors (Lipinski definition) is 4. The number of hydrogen-bond donors (Lipinski definition) is 3. The fourth-order valence-corrected chi connectivity index (χ4v) is 2.42. The smallest absolute Gasteiger partial charge is 0.295 e.